The molecular weight excluding hydrogens is 292 g/mol. The Morgan fingerprint density at radius 1 is 1.39 bits per heavy atom. The average molecular weight is 318 g/mol. The zero-order chi connectivity index (χ0) is 16.2. The van der Waals surface area contributed by atoms with Crippen molar-refractivity contribution in [3.05, 3.63) is 35.4 Å². The molecule has 5 nitrogen and oxygen atoms in total. The topological polar surface area (TPSA) is 61.8 Å². The van der Waals surface area contributed by atoms with Crippen LogP contribution in [-0.4, -0.2) is 47.9 Å². The van der Waals surface area contributed by atoms with Gasteiger partial charge in [-0.25, -0.2) is 4.79 Å². The van der Waals surface area contributed by atoms with Crippen molar-refractivity contribution in [1.82, 2.24) is 10.2 Å². The maximum absolute atomic E-state index is 12.8. The molecule has 5 heteroatoms. The SMILES string of the molecule is CC1OCCC1NC(=O)N(CCCO)C1CCc2ccccc21. The zero-order valence-corrected chi connectivity index (χ0v) is 13.7. The highest BCUT2D eigenvalue weighted by atomic mass is 16.5. The van der Waals surface area contributed by atoms with Crippen molar-refractivity contribution in [2.75, 3.05) is 19.8 Å². The molecule has 3 atom stereocenters. The molecular formula is C18H26N2O3. The Morgan fingerprint density at radius 3 is 2.96 bits per heavy atom. The average Bonchev–Trinajstić information content (AvgIpc) is 3.15. The number of ether oxygens (including phenoxy) is 1. The number of carbonyl (C=O) groups excluding carboxylic acids is 1. The third kappa shape index (κ3) is 3.51. The van der Waals surface area contributed by atoms with Crippen LogP contribution in [0.3, 0.4) is 0 Å². The van der Waals surface area contributed by atoms with Gasteiger partial charge in [-0.15, -0.1) is 0 Å². The normalized spacial score (nSPS) is 26.1. The minimum Gasteiger partial charge on any atom is -0.396 e. The molecule has 1 saturated heterocycles. The molecule has 0 radical (unpaired) electrons. The first kappa shape index (κ1) is 16.3. The monoisotopic (exact) mass is 318 g/mol. The van der Waals surface area contributed by atoms with E-state index in [2.05, 4.69) is 23.5 Å². The van der Waals surface area contributed by atoms with E-state index in [-0.39, 0.29) is 30.8 Å². The lowest BCUT2D eigenvalue weighted by molar-refractivity contribution is 0.109. The molecule has 1 aromatic carbocycles. The summed E-state index contributed by atoms with van der Waals surface area (Å²) in [4.78, 5) is 14.7. The molecule has 2 aliphatic rings. The van der Waals surface area contributed by atoms with Crippen LogP contribution in [-0.2, 0) is 11.2 Å². The van der Waals surface area contributed by atoms with Gasteiger partial charge >= 0.3 is 6.03 Å². The first-order valence-corrected chi connectivity index (χ1v) is 8.58. The second kappa shape index (κ2) is 7.32. The lowest BCUT2D eigenvalue weighted by Gasteiger charge is -2.31. The minimum atomic E-state index is -0.0393. The summed E-state index contributed by atoms with van der Waals surface area (Å²) >= 11 is 0. The maximum Gasteiger partial charge on any atom is 0.318 e. The van der Waals surface area contributed by atoms with Crippen LogP contribution in [0.2, 0.25) is 0 Å². The number of fused-ring (bicyclic) bond motifs is 1. The van der Waals surface area contributed by atoms with Gasteiger partial charge in [0.25, 0.3) is 0 Å². The smallest absolute Gasteiger partial charge is 0.318 e. The molecule has 1 heterocycles. The molecule has 1 aliphatic carbocycles. The molecule has 23 heavy (non-hydrogen) atoms. The molecule has 0 aromatic heterocycles. The lowest BCUT2D eigenvalue weighted by atomic mass is 10.1. The fraction of sp³-hybridized carbons (Fsp3) is 0.611. The van der Waals surface area contributed by atoms with Crippen LogP contribution in [0.4, 0.5) is 4.79 Å². The van der Waals surface area contributed by atoms with E-state index in [0.717, 1.165) is 19.3 Å². The fourth-order valence-corrected chi connectivity index (χ4v) is 3.66. The number of amides is 2. The van der Waals surface area contributed by atoms with E-state index >= 15 is 0 Å². The zero-order valence-electron chi connectivity index (χ0n) is 13.7. The van der Waals surface area contributed by atoms with Crippen molar-refractivity contribution >= 4 is 6.03 Å². The van der Waals surface area contributed by atoms with E-state index in [0.29, 0.717) is 19.6 Å². The molecule has 0 bridgehead atoms. The van der Waals surface area contributed by atoms with E-state index < -0.39 is 0 Å². The summed E-state index contributed by atoms with van der Waals surface area (Å²) in [6.07, 6.45) is 3.49. The maximum atomic E-state index is 12.8. The van der Waals surface area contributed by atoms with Crippen LogP contribution in [0, 0.1) is 0 Å². The third-order valence-corrected chi connectivity index (χ3v) is 4.98. The van der Waals surface area contributed by atoms with Crippen molar-refractivity contribution in [1.29, 1.82) is 0 Å². The van der Waals surface area contributed by atoms with Crippen LogP contribution in [0.15, 0.2) is 24.3 Å². The van der Waals surface area contributed by atoms with Gasteiger partial charge in [-0.2, -0.15) is 0 Å². The van der Waals surface area contributed by atoms with Crippen molar-refractivity contribution in [2.24, 2.45) is 0 Å². The van der Waals surface area contributed by atoms with Gasteiger partial charge in [0.1, 0.15) is 0 Å². The van der Waals surface area contributed by atoms with Crippen LogP contribution in [0.1, 0.15) is 43.4 Å². The highest BCUT2D eigenvalue weighted by Crippen LogP contribution is 2.35. The standard InChI is InChI=1S/C18H26N2O3/c1-13-16(9-12-23-13)19-18(22)20(10-4-11-21)17-8-7-14-5-2-3-6-15(14)17/h2-3,5-6,13,16-17,21H,4,7-12H2,1H3,(H,19,22). The number of hydrogen-bond acceptors (Lipinski definition) is 3. The summed E-state index contributed by atoms with van der Waals surface area (Å²) in [5.41, 5.74) is 2.58. The molecule has 0 spiro atoms. The lowest BCUT2D eigenvalue weighted by Crippen LogP contribution is -2.48. The molecule has 1 aromatic rings. The minimum absolute atomic E-state index is 0.0393. The summed E-state index contributed by atoms with van der Waals surface area (Å²) < 4.78 is 5.54. The fourth-order valence-electron chi connectivity index (χ4n) is 3.66. The van der Waals surface area contributed by atoms with Gasteiger partial charge in [0, 0.05) is 19.8 Å². The summed E-state index contributed by atoms with van der Waals surface area (Å²) in [5.74, 6) is 0. The Balaban J connectivity index is 1.74. The van der Waals surface area contributed by atoms with Gasteiger partial charge in [-0.1, -0.05) is 24.3 Å². The number of nitrogens with one attached hydrogen (secondary N) is 1. The number of rotatable bonds is 5. The van der Waals surface area contributed by atoms with Gasteiger partial charge in [0.05, 0.1) is 18.2 Å². The van der Waals surface area contributed by atoms with E-state index in [9.17, 15) is 9.90 Å². The summed E-state index contributed by atoms with van der Waals surface area (Å²) in [6.45, 7) is 3.38. The van der Waals surface area contributed by atoms with Crippen LogP contribution >= 0.6 is 0 Å². The first-order chi connectivity index (χ1) is 11.2. The van der Waals surface area contributed by atoms with Gasteiger partial charge in [0.2, 0.25) is 0 Å². The van der Waals surface area contributed by atoms with E-state index in [1.165, 1.54) is 11.1 Å². The molecule has 3 unspecified atom stereocenters. The molecule has 3 rings (SSSR count). The number of urea groups is 1. The van der Waals surface area contributed by atoms with Crippen molar-refractivity contribution in [3.63, 3.8) is 0 Å². The van der Waals surface area contributed by atoms with Crippen molar-refractivity contribution in [2.45, 2.75) is 50.8 Å². The Kier molecular flexibility index (Phi) is 5.18. The summed E-state index contributed by atoms with van der Waals surface area (Å²) in [6, 6.07) is 8.50. The number of aryl methyl sites for hydroxylation is 1. The highest BCUT2D eigenvalue weighted by molar-refractivity contribution is 5.75. The molecule has 2 amide bonds. The number of benzene rings is 1. The van der Waals surface area contributed by atoms with Crippen LogP contribution < -0.4 is 5.32 Å². The van der Waals surface area contributed by atoms with Crippen molar-refractivity contribution < 1.29 is 14.6 Å². The Bertz CT molecular complexity index is 549. The molecule has 1 fully saturated rings. The van der Waals surface area contributed by atoms with E-state index in [1.54, 1.807) is 0 Å². The van der Waals surface area contributed by atoms with Gasteiger partial charge < -0.3 is 20.1 Å². The number of aliphatic hydroxyl groups is 1. The molecule has 2 N–H and O–H groups in total. The summed E-state index contributed by atoms with van der Waals surface area (Å²) in [7, 11) is 0. The number of carbonyl (C=O) groups is 1. The van der Waals surface area contributed by atoms with Gasteiger partial charge in [-0.3, -0.25) is 0 Å². The summed E-state index contributed by atoms with van der Waals surface area (Å²) in [5, 5.41) is 12.3. The quantitative estimate of drug-likeness (QED) is 0.875. The predicted octanol–water partition coefficient (Wildman–Crippen LogP) is 2.25. The second-order valence-electron chi connectivity index (χ2n) is 6.44. The van der Waals surface area contributed by atoms with Crippen molar-refractivity contribution in [3.8, 4) is 0 Å². The van der Waals surface area contributed by atoms with Crippen LogP contribution in [0.25, 0.3) is 0 Å². The van der Waals surface area contributed by atoms with E-state index in [4.69, 9.17) is 4.74 Å². The first-order valence-electron chi connectivity index (χ1n) is 8.58. The van der Waals surface area contributed by atoms with Gasteiger partial charge in [0.15, 0.2) is 0 Å². The Morgan fingerprint density at radius 2 is 2.22 bits per heavy atom. The van der Waals surface area contributed by atoms with E-state index in [1.807, 2.05) is 17.9 Å². The van der Waals surface area contributed by atoms with Crippen LogP contribution in [0.5, 0.6) is 0 Å². The van der Waals surface area contributed by atoms with Gasteiger partial charge in [-0.05, 0) is 43.7 Å². The predicted molar refractivity (Wildman–Crippen MR) is 88.3 cm³/mol. The number of hydrogen-bond donors (Lipinski definition) is 2. The molecule has 126 valence electrons. The highest BCUT2D eigenvalue weighted by Gasteiger charge is 2.33. The second-order valence-corrected chi connectivity index (χ2v) is 6.44. The Hall–Kier alpha value is -1.59. The third-order valence-electron chi connectivity index (χ3n) is 4.98. The number of aliphatic hydroxyl groups excluding tert-OH is 1. The molecule has 0 saturated carbocycles. The molecule has 1 aliphatic heterocycles. The number of nitrogens with zero attached hydrogens (tertiary/aromatic N) is 1. The largest absolute Gasteiger partial charge is 0.396 e. The Labute approximate surface area is 137 Å².